The molecule has 0 unspecified atom stereocenters. The quantitative estimate of drug-likeness (QED) is 0.708. The van der Waals surface area contributed by atoms with E-state index in [0.29, 0.717) is 52.2 Å². The topological polar surface area (TPSA) is 82.2 Å². The highest BCUT2D eigenvalue weighted by atomic mass is 16.5. The fraction of sp³-hybridized carbons (Fsp3) is 0.812. The molecule has 0 radical (unpaired) electrons. The Hall–Kier alpha value is -1.83. The van der Waals surface area contributed by atoms with Gasteiger partial charge in [0.1, 0.15) is 0 Å². The lowest BCUT2D eigenvalue weighted by Gasteiger charge is -2.42. The molecule has 2 heterocycles. The second-order valence-electron chi connectivity index (χ2n) is 6.61. The summed E-state index contributed by atoms with van der Waals surface area (Å²) >= 11 is 0. The molecule has 0 bridgehead atoms. The van der Waals surface area contributed by atoms with Crippen molar-refractivity contribution in [1.29, 1.82) is 0 Å². The largest absolute Gasteiger partial charge is 0.383 e. The first-order valence-electron chi connectivity index (χ1n) is 8.58. The van der Waals surface area contributed by atoms with Crippen LogP contribution in [0.2, 0.25) is 0 Å². The van der Waals surface area contributed by atoms with Gasteiger partial charge in [-0.15, -0.1) is 0 Å². The monoisotopic (exact) mass is 340 g/mol. The van der Waals surface area contributed by atoms with Crippen LogP contribution >= 0.6 is 0 Å². The number of nitrogens with zero attached hydrogens (tertiary/aromatic N) is 3. The first-order valence-corrected chi connectivity index (χ1v) is 8.58. The van der Waals surface area contributed by atoms with E-state index < -0.39 is 11.8 Å². The van der Waals surface area contributed by atoms with Crippen molar-refractivity contribution in [3.8, 4) is 0 Å². The van der Waals surface area contributed by atoms with Crippen LogP contribution < -0.4 is 5.32 Å². The Labute approximate surface area is 143 Å². The summed E-state index contributed by atoms with van der Waals surface area (Å²) in [5, 5.41) is 2.88. The summed E-state index contributed by atoms with van der Waals surface area (Å²) in [6, 6.07) is 0.0824. The van der Waals surface area contributed by atoms with Crippen molar-refractivity contribution >= 4 is 17.8 Å². The van der Waals surface area contributed by atoms with E-state index in [1.165, 1.54) is 0 Å². The number of likely N-dealkylation sites (tertiary alicyclic amines) is 1. The highest BCUT2D eigenvalue weighted by Gasteiger charge is 2.37. The summed E-state index contributed by atoms with van der Waals surface area (Å²) < 4.78 is 4.97. The number of methoxy groups -OCH3 is 1. The number of carbonyl (C=O) groups excluding carboxylic acids is 3. The molecule has 1 N–H and O–H groups in total. The van der Waals surface area contributed by atoms with E-state index in [2.05, 4.69) is 5.32 Å². The van der Waals surface area contributed by atoms with Crippen molar-refractivity contribution in [2.45, 2.75) is 38.8 Å². The van der Waals surface area contributed by atoms with Gasteiger partial charge in [0.05, 0.1) is 6.61 Å². The average molecular weight is 340 g/mol. The zero-order valence-electron chi connectivity index (χ0n) is 14.8. The standard InChI is InChI=1S/C16H28N4O4/c1-12(2)17-16(23)19-6-4-13(5-7-19)20-9-8-18(10-11-24-3)14(21)15(20)22/h12-13H,4-11H2,1-3H3,(H,17,23). The molecule has 136 valence electrons. The SMILES string of the molecule is COCCN1CCN(C2CCN(C(=O)NC(C)C)CC2)C(=O)C1=O. The average Bonchev–Trinajstić information content (AvgIpc) is 2.56. The number of carbonyl (C=O) groups is 3. The second kappa shape index (κ2) is 8.32. The third-order valence-corrected chi connectivity index (χ3v) is 4.51. The van der Waals surface area contributed by atoms with Crippen LogP contribution in [0.25, 0.3) is 0 Å². The predicted molar refractivity (Wildman–Crippen MR) is 88.4 cm³/mol. The maximum Gasteiger partial charge on any atom is 0.317 e. The molecular weight excluding hydrogens is 312 g/mol. The number of urea groups is 1. The Balaban J connectivity index is 1.85. The molecule has 4 amide bonds. The van der Waals surface area contributed by atoms with Crippen LogP contribution in [0.15, 0.2) is 0 Å². The summed E-state index contributed by atoms with van der Waals surface area (Å²) in [6.07, 6.45) is 1.42. The minimum absolute atomic E-state index is 0.0362. The fourth-order valence-electron chi connectivity index (χ4n) is 3.17. The van der Waals surface area contributed by atoms with Crippen LogP contribution in [-0.4, -0.2) is 91.1 Å². The van der Waals surface area contributed by atoms with Gasteiger partial charge < -0.3 is 24.8 Å². The van der Waals surface area contributed by atoms with E-state index in [-0.39, 0.29) is 18.1 Å². The van der Waals surface area contributed by atoms with E-state index >= 15 is 0 Å². The number of hydrogen-bond donors (Lipinski definition) is 1. The predicted octanol–water partition coefficient (Wildman–Crippen LogP) is -0.114. The molecule has 0 aromatic rings. The smallest absolute Gasteiger partial charge is 0.317 e. The van der Waals surface area contributed by atoms with Gasteiger partial charge in [0, 0.05) is 51.9 Å². The van der Waals surface area contributed by atoms with Crippen LogP contribution in [0.4, 0.5) is 4.79 Å². The third-order valence-electron chi connectivity index (χ3n) is 4.51. The molecular formula is C16H28N4O4. The number of ether oxygens (including phenoxy) is 1. The van der Waals surface area contributed by atoms with E-state index in [1.807, 2.05) is 13.8 Å². The zero-order chi connectivity index (χ0) is 17.7. The Morgan fingerprint density at radius 2 is 1.83 bits per heavy atom. The summed E-state index contributed by atoms with van der Waals surface area (Å²) in [5.41, 5.74) is 0. The minimum Gasteiger partial charge on any atom is -0.383 e. The Kier molecular flexibility index (Phi) is 6.42. The summed E-state index contributed by atoms with van der Waals surface area (Å²) in [6.45, 7) is 7.05. The maximum absolute atomic E-state index is 12.4. The van der Waals surface area contributed by atoms with Crippen LogP contribution in [-0.2, 0) is 14.3 Å². The summed E-state index contributed by atoms with van der Waals surface area (Å²) in [5.74, 6) is -0.874. The molecule has 0 atom stereocenters. The van der Waals surface area contributed by atoms with E-state index in [0.717, 1.165) is 0 Å². The van der Waals surface area contributed by atoms with Crippen molar-refractivity contribution in [2.75, 3.05) is 46.4 Å². The van der Waals surface area contributed by atoms with Crippen LogP contribution in [0.5, 0.6) is 0 Å². The van der Waals surface area contributed by atoms with Crippen LogP contribution in [0.1, 0.15) is 26.7 Å². The Morgan fingerprint density at radius 1 is 1.17 bits per heavy atom. The van der Waals surface area contributed by atoms with Crippen molar-refractivity contribution in [3.63, 3.8) is 0 Å². The molecule has 0 aromatic heterocycles. The number of piperidine rings is 1. The Bertz CT molecular complexity index is 475. The van der Waals surface area contributed by atoms with E-state index in [1.54, 1.807) is 21.8 Å². The van der Waals surface area contributed by atoms with Gasteiger partial charge in [-0.05, 0) is 26.7 Å². The van der Waals surface area contributed by atoms with Crippen molar-refractivity contribution < 1.29 is 19.1 Å². The molecule has 8 nitrogen and oxygen atoms in total. The molecule has 24 heavy (non-hydrogen) atoms. The molecule has 2 aliphatic heterocycles. The van der Waals surface area contributed by atoms with Gasteiger partial charge in [-0.1, -0.05) is 0 Å². The van der Waals surface area contributed by atoms with Gasteiger partial charge in [-0.3, -0.25) is 9.59 Å². The van der Waals surface area contributed by atoms with E-state index in [9.17, 15) is 14.4 Å². The van der Waals surface area contributed by atoms with Gasteiger partial charge >= 0.3 is 17.8 Å². The molecule has 0 spiro atoms. The summed E-state index contributed by atoms with van der Waals surface area (Å²) in [7, 11) is 1.58. The molecule has 2 saturated heterocycles. The van der Waals surface area contributed by atoms with Gasteiger partial charge in [0.25, 0.3) is 0 Å². The van der Waals surface area contributed by atoms with Crippen molar-refractivity contribution in [1.82, 2.24) is 20.0 Å². The highest BCUT2D eigenvalue weighted by Crippen LogP contribution is 2.19. The molecule has 0 aromatic carbocycles. The first-order chi connectivity index (χ1) is 11.4. The number of amides is 4. The summed E-state index contributed by atoms with van der Waals surface area (Å²) in [4.78, 5) is 41.6. The molecule has 2 rings (SSSR count). The molecule has 0 saturated carbocycles. The number of hydrogen-bond acceptors (Lipinski definition) is 4. The van der Waals surface area contributed by atoms with Crippen molar-refractivity contribution in [3.05, 3.63) is 0 Å². The molecule has 2 aliphatic rings. The molecule has 2 fully saturated rings. The lowest BCUT2D eigenvalue weighted by Crippen LogP contribution is -2.60. The van der Waals surface area contributed by atoms with E-state index in [4.69, 9.17) is 4.74 Å². The van der Waals surface area contributed by atoms with Crippen LogP contribution in [0.3, 0.4) is 0 Å². The zero-order valence-corrected chi connectivity index (χ0v) is 14.8. The normalized spacial score (nSPS) is 20.1. The molecule has 8 heteroatoms. The number of rotatable bonds is 5. The number of nitrogens with one attached hydrogen (secondary N) is 1. The number of piperazine rings is 1. The first kappa shape index (κ1) is 18.5. The highest BCUT2D eigenvalue weighted by molar-refractivity contribution is 6.35. The maximum atomic E-state index is 12.4. The van der Waals surface area contributed by atoms with Gasteiger partial charge in [-0.2, -0.15) is 0 Å². The van der Waals surface area contributed by atoms with Gasteiger partial charge in [-0.25, -0.2) is 4.79 Å². The Morgan fingerprint density at radius 3 is 2.42 bits per heavy atom. The third kappa shape index (κ3) is 4.37. The lowest BCUT2D eigenvalue weighted by molar-refractivity contribution is -0.158. The second-order valence-corrected chi connectivity index (χ2v) is 6.61. The molecule has 0 aliphatic carbocycles. The fourth-order valence-corrected chi connectivity index (χ4v) is 3.17. The lowest BCUT2D eigenvalue weighted by atomic mass is 10.0. The van der Waals surface area contributed by atoms with Crippen molar-refractivity contribution in [2.24, 2.45) is 0 Å². The van der Waals surface area contributed by atoms with Gasteiger partial charge in [0.2, 0.25) is 0 Å². The van der Waals surface area contributed by atoms with Gasteiger partial charge in [0.15, 0.2) is 0 Å². The van der Waals surface area contributed by atoms with Crippen LogP contribution in [0, 0.1) is 0 Å². The minimum atomic E-state index is -0.446.